The fourth-order valence-corrected chi connectivity index (χ4v) is 2.74. The molecule has 0 bridgehead atoms. The first-order valence-corrected chi connectivity index (χ1v) is 6.21. The van der Waals surface area contributed by atoms with Gasteiger partial charge in [-0.3, -0.25) is 4.79 Å². The van der Waals surface area contributed by atoms with Crippen LogP contribution < -0.4 is 5.32 Å². The molecule has 0 aromatic carbocycles. The van der Waals surface area contributed by atoms with Crippen LogP contribution in [0.3, 0.4) is 0 Å². The van der Waals surface area contributed by atoms with E-state index in [-0.39, 0.29) is 11.7 Å². The molecule has 18 heavy (non-hydrogen) atoms. The second-order valence-corrected chi connectivity index (χ2v) is 4.65. The number of nitrogens with one attached hydrogen (secondary N) is 1. The number of amides is 1. The maximum absolute atomic E-state index is 12.5. The van der Waals surface area contributed by atoms with Crippen LogP contribution in [0.1, 0.15) is 25.7 Å². The van der Waals surface area contributed by atoms with Crippen molar-refractivity contribution in [2.75, 3.05) is 13.7 Å². The highest BCUT2D eigenvalue weighted by atomic mass is 16.5. The van der Waals surface area contributed by atoms with Crippen LogP contribution in [0.4, 0.5) is 0 Å². The van der Waals surface area contributed by atoms with Crippen molar-refractivity contribution in [1.29, 1.82) is 0 Å². The minimum absolute atomic E-state index is 0.00306. The molecule has 1 fully saturated rings. The summed E-state index contributed by atoms with van der Waals surface area (Å²) in [5, 5.41) is 13.0. The van der Waals surface area contributed by atoms with Crippen molar-refractivity contribution in [1.82, 2.24) is 10.2 Å². The Balaban J connectivity index is 2.10. The maximum Gasteiger partial charge on any atom is 0.256 e. The predicted octanol–water partition coefficient (Wildman–Crippen LogP) is 1.52. The van der Waals surface area contributed by atoms with Gasteiger partial charge in [-0.15, -0.1) is 0 Å². The molecule has 0 radical (unpaired) electrons. The third-order valence-electron chi connectivity index (χ3n) is 3.62. The fraction of sp³-hybridized carbons (Fsp3) is 0.462. The van der Waals surface area contributed by atoms with E-state index in [1.54, 1.807) is 18.1 Å². The Morgan fingerprint density at radius 1 is 1.44 bits per heavy atom. The molecule has 3 aliphatic rings. The molecule has 0 aromatic heterocycles. The van der Waals surface area contributed by atoms with Gasteiger partial charge in [0.1, 0.15) is 5.76 Å². The average molecular weight is 248 g/mol. The van der Waals surface area contributed by atoms with Gasteiger partial charge in [0.15, 0.2) is 0 Å². The molecule has 96 valence electrons. The van der Waals surface area contributed by atoms with Crippen LogP contribution in [0, 0.1) is 0 Å². The molecular weight excluding hydrogens is 232 g/mol. The first-order chi connectivity index (χ1) is 8.72. The van der Waals surface area contributed by atoms with Gasteiger partial charge in [-0.1, -0.05) is 0 Å². The molecule has 2 aliphatic heterocycles. The highest BCUT2D eigenvalue weighted by molar-refractivity contribution is 5.97. The summed E-state index contributed by atoms with van der Waals surface area (Å²) in [6.07, 6.45) is 4.87. The number of ether oxygens (including phenoxy) is 1. The van der Waals surface area contributed by atoms with Crippen LogP contribution in [0.15, 0.2) is 34.7 Å². The van der Waals surface area contributed by atoms with E-state index in [0.29, 0.717) is 30.0 Å². The molecule has 0 aromatic rings. The number of rotatable bonds is 1. The molecule has 0 spiro atoms. The van der Waals surface area contributed by atoms with Crippen molar-refractivity contribution in [3.05, 3.63) is 34.7 Å². The first-order valence-electron chi connectivity index (χ1n) is 6.21. The fourth-order valence-electron chi connectivity index (χ4n) is 2.74. The zero-order chi connectivity index (χ0) is 12.7. The minimum Gasteiger partial charge on any atom is -0.506 e. The van der Waals surface area contributed by atoms with Gasteiger partial charge in [0, 0.05) is 12.1 Å². The van der Waals surface area contributed by atoms with Crippen LogP contribution >= 0.6 is 0 Å². The summed E-state index contributed by atoms with van der Waals surface area (Å²) in [6.45, 7) is 0.726. The third kappa shape index (κ3) is 1.50. The first kappa shape index (κ1) is 11.2. The summed E-state index contributed by atoms with van der Waals surface area (Å²) < 4.78 is 5.33. The summed E-state index contributed by atoms with van der Waals surface area (Å²) in [5.74, 6) is 0.713. The van der Waals surface area contributed by atoms with E-state index in [2.05, 4.69) is 5.32 Å². The lowest BCUT2D eigenvalue weighted by atomic mass is 10.00. The average Bonchev–Trinajstić information content (AvgIpc) is 2.81. The Labute approximate surface area is 105 Å². The number of hydrogen-bond acceptors (Lipinski definition) is 4. The number of carbonyl (C=O) groups is 1. The summed E-state index contributed by atoms with van der Waals surface area (Å²) in [7, 11) is 1.57. The second kappa shape index (κ2) is 4.08. The molecule has 0 saturated carbocycles. The number of fused-ring (bicyclic) bond motifs is 1. The van der Waals surface area contributed by atoms with Gasteiger partial charge in [0.25, 0.3) is 5.91 Å². The van der Waals surface area contributed by atoms with Crippen molar-refractivity contribution in [2.24, 2.45) is 0 Å². The quantitative estimate of drug-likeness (QED) is 0.738. The molecule has 0 atom stereocenters. The van der Waals surface area contributed by atoms with E-state index >= 15 is 0 Å². The molecule has 3 rings (SSSR count). The number of nitrogens with zero attached hydrogens (tertiary/aromatic N) is 1. The number of aliphatic hydroxyl groups is 1. The standard InChI is InChI=1S/C13H16N2O3/c1-18-12-9-5-3-7-15(9)13(17)8-4-2-6-10(16)11(8)14-12/h6,14,16H,2-5,7H2,1H3. The Bertz CT molecular complexity index is 502. The van der Waals surface area contributed by atoms with Crippen molar-refractivity contribution < 1.29 is 14.6 Å². The smallest absolute Gasteiger partial charge is 0.256 e. The van der Waals surface area contributed by atoms with E-state index in [9.17, 15) is 9.90 Å². The van der Waals surface area contributed by atoms with Gasteiger partial charge in [0.05, 0.1) is 18.5 Å². The Hall–Kier alpha value is -1.91. The highest BCUT2D eigenvalue weighted by Crippen LogP contribution is 2.33. The summed E-state index contributed by atoms with van der Waals surface area (Å²) in [5.41, 5.74) is 2.05. The van der Waals surface area contributed by atoms with E-state index in [0.717, 1.165) is 25.1 Å². The van der Waals surface area contributed by atoms with Gasteiger partial charge in [0.2, 0.25) is 5.88 Å². The molecule has 1 aliphatic carbocycles. The van der Waals surface area contributed by atoms with Crippen LogP contribution in [-0.2, 0) is 9.53 Å². The lowest BCUT2D eigenvalue weighted by Crippen LogP contribution is -2.28. The molecule has 1 saturated heterocycles. The normalized spacial score (nSPS) is 23.3. The van der Waals surface area contributed by atoms with Crippen LogP contribution in [0.25, 0.3) is 0 Å². The highest BCUT2D eigenvalue weighted by Gasteiger charge is 2.35. The van der Waals surface area contributed by atoms with Crippen molar-refractivity contribution >= 4 is 5.91 Å². The van der Waals surface area contributed by atoms with E-state index in [1.807, 2.05) is 0 Å². The van der Waals surface area contributed by atoms with Crippen LogP contribution in [0.5, 0.6) is 0 Å². The number of methoxy groups -OCH3 is 1. The molecule has 0 unspecified atom stereocenters. The van der Waals surface area contributed by atoms with Gasteiger partial charge in [-0.25, -0.2) is 0 Å². The zero-order valence-electron chi connectivity index (χ0n) is 10.3. The van der Waals surface area contributed by atoms with E-state index < -0.39 is 0 Å². The van der Waals surface area contributed by atoms with Crippen molar-refractivity contribution in [3.8, 4) is 0 Å². The van der Waals surface area contributed by atoms with Crippen LogP contribution in [0.2, 0.25) is 0 Å². The SMILES string of the molecule is COC1=C2CCCN2C(=O)C2=C(N1)C(O)=CCC2. The number of allylic oxidation sites excluding steroid dienone is 2. The molecule has 1 amide bonds. The largest absolute Gasteiger partial charge is 0.506 e. The van der Waals surface area contributed by atoms with E-state index in [1.165, 1.54) is 0 Å². The number of carbonyl (C=O) groups excluding carboxylic acids is 1. The van der Waals surface area contributed by atoms with Crippen molar-refractivity contribution in [2.45, 2.75) is 25.7 Å². The molecular formula is C13H16N2O3. The lowest BCUT2D eigenvalue weighted by molar-refractivity contribution is -0.125. The molecule has 5 heteroatoms. The lowest BCUT2D eigenvalue weighted by Gasteiger charge is -2.19. The summed E-state index contributed by atoms with van der Waals surface area (Å²) in [4.78, 5) is 14.2. The molecule has 2 heterocycles. The zero-order valence-corrected chi connectivity index (χ0v) is 10.3. The predicted molar refractivity (Wildman–Crippen MR) is 65.1 cm³/mol. The Morgan fingerprint density at radius 3 is 3.06 bits per heavy atom. The van der Waals surface area contributed by atoms with Gasteiger partial charge in [-0.2, -0.15) is 0 Å². The van der Waals surface area contributed by atoms with Crippen molar-refractivity contribution in [3.63, 3.8) is 0 Å². The number of hydrogen-bond donors (Lipinski definition) is 2. The third-order valence-corrected chi connectivity index (χ3v) is 3.62. The topological polar surface area (TPSA) is 61.8 Å². The summed E-state index contributed by atoms with van der Waals surface area (Å²) >= 11 is 0. The Kier molecular flexibility index (Phi) is 2.54. The monoisotopic (exact) mass is 248 g/mol. The van der Waals surface area contributed by atoms with Crippen LogP contribution in [-0.4, -0.2) is 29.6 Å². The van der Waals surface area contributed by atoms with Gasteiger partial charge >= 0.3 is 0 Å². The molecule has 2 N–H and O–H groups in total. The molecule has 5 nitrogen and oxygen atoms in total. The number of aliphatic hydroxyl groups excluding tert-OH is 1. The summed E-state index contributed by atoms with van der Waals surface area (Å²) in [6, 6.07) is 0. The maximum atomic E-state index is 12.5. The Morgan fingerprint density at radius 2 is 2.28 bits per heavy atom. The van der Waals surface area contributed by atoms with Gasteiger partial charge < -0.3 is 20.1 Å². The van der Waals surface area contributed by atoms with E-state index in [4.69, 9.17) is 4.74 Å². The van der Waals surface area contributed by atoms with Gasteiger partial charge in [-0.05, 0) is 31.8 Å². The minimum atomic E-state index is -0.00306. The second-order valence-electron chi connectivity index (χ2n) is 4.65.